The van der Waals surface area contributed by atoms with Crippen LogP contribution in [0.3, 0.4) is 0 Å². The van der Waals surface area contributed by atoms with Crippen LogP contribution in [0.4, 0.5) is 4.39 Å². The van der Waals surface area contributed by atoms with Crippen molar-refractivity contribution < 1.29 is 9.13 Å². The quantitative estimate of drug-likeness (QED) is 0.836. The molecule has 6 heteroatoms. The summed E-state index contributed by atoms with van der Waals surface area (Å²) in [6.45, 7) is 1.82. The molecule has 0 amide bonds. The molecule has 0 aliphatic heterocycles. The topological polar surface area (TPSA) is 48.1 Å². The van der Waals surface area contributed by atoms with Gasteiger partial charge in [-0.2, -0.15) is 0 Å². The van der Waals surface area contributed by atoms with E-state index in [0.29, 0.717) is 16.1 Å². The Morgan fingerprint density at radius 1 is 1.47 bits per heavy atom. The monoisotopic (exact) mass is 344 g/mol. The molecule has 100 valence electrons. The van der Waals surface area contributed by atoms with Crippen molar-refractivity contribution in [1.29, 1.82) is 0 Å². The van der Waals surface area contributed by atoms with E-state index in [4.69, 9.17) is 22.1 Å². The predicted octanol–water partition coefficient (Wildman–Crippen LogP) is 4.45. The number of ether oxygens (including phenoxy) is 1. The van der Waals surface area contributed by atoms with Crippen LogP contribution < -0.4 is 10.5 Å². The molecule has 0 saturated heterocycles. The van der Waals surface area contributed by atoms with E-state index in [9.17, 15) is 4.39 Å². The van der Waals surface area contributed by atoms with Gasteiger partial charge in [0.05, 0.1) is 9.50 Å². The van der Waals surface area contributed by atoms with Crippen molar-refractivity contribution in [3.8, 4) is 11.6 Å². The van der Waals surface area contributed by atoms with Crippen LogP contribution in [0.2, 0.25) is 5.02 Å². The maximum absolute atomic E-state index is 13.4. The van der Waals surface area contributed by atoms with E-state index in [1.165, 1.54) is 12.1 Å². The number of hydrogen-bond donors (Lipinski definition) is 1. The summed E-state index contributed by atoms with van der Waals surface area (Å²) in [7, 11) is 0. The van der Waals surface area contributed by atoms with Crippen molar-refractivity contribution in [3.63, 3.8) is 0 Å². The van der Waals surface area contributed by atoms with E-state index in [-0.39, 0.29) is 11.1 Å². The van der Waals surface area contributed by atoms with Gasteiger partial charge in [0, 0.05) is 23.9 Å². The second-order valence-corrected chi connectivity index (χ2v) is 5.25. The number of hydrogen-bond acceptors (Lipinski definition) is 3. The van der Waals surface area contributed by atoms with E-state index < -0.39 is 5.82 Å². The Balaban J connectivity index is 2.39. The molecule has 1 atom stereocenters. The van der Waals surface area contributed by atoms with Gasteiger partial charge in [-0.15, -0.1) is 0 Å². The molecule has 1 aromatic heterocycles. The number of rotatable bonds is 3. The van der Waals surface area contributed by atoms with Gasteiger partial charge in [0.15, 0.2) is 0 Å². The summed E-state index contributed by atoms with van der Waals surface area (Å²) in [6.07, 6.45) is 1.58. The number of halogens is 3. The number of benzene rings is 1. The highest BCUT2D eigenvalue weighted by Gasteiger charge is 2.13. The number of nitrogens with two attached hydrogens (primary N) is 1. The summed E-state index contributed by atoms with van der Waals surface area (Å²) in [5.74, 6) is 0.0839. The molecule has 1 aromatic carbocycles. The van der Waals surface area contributed by atoms with Crippen molar-refractivity contribution in [3.05, 3.63) is 51.3 Å². The molecule has 0 unspecified atom stereocenters. The third-order valence-electron chi connectivity index (χ3n) is 2.47. The minimum Gasteiger partial charge on any atom is -0.437 e. The molecule has 3 nitrogen and oxygen atoms in total. The van der Waals surface area contributed by atoms with Gasteiger partial charge in [-0.3, -0.25) is 0 Å². The molecular weight excluding hydrogens is 335 g/mol. The van der Waals surface area contributed by atoms with Gasteiger partial charge in [0.2, 0.25) is 5.88 Å². The largest absolute Gasteiger partial charge is 0.437 e. The Hall–Kier alpha value is -1.17. The van der Waals surface area contributed by atoms with Gasteiger partial charge in [-0.25, -0.2) is 9.37 Å². The highest BCUT2D eigenvalue weighted by atomic mass is 79.9. The van der Waals surface area contributed by atoms with Crippen molar-refractivity contribution in [1.82, 2.24) is 4.98 Å². The van der Waals surface area contributed by atoms with Crippen LogP contribution in [0.1, 0.15) is 18.5 Å². The lowest BCUT2D eigenvalue weighted by atomic mass is 10.1. The molecule has 1 heterocycles. The average Bonchev–Trinajstić information content (AvgIpc) is 2.36. The lowest BCUT2D eigenvalue weighted by Crippen LogP contribution is -2.07. The highest BCUT2D eigenvalue weighted by molar-refractivity contribution is 9.10. The summed E-state index contributed by atoms with van der Waals surface area (Å²) in [5, 5.41) is 0.0210. The SMILES string of the molecule is C[C@@H](N)c1cccnc1Oc1cc(F)c(Cl)cc1Br. The van der Waals surface area contributed by atoms with Gasteiger partial charge < -0.3 is 10.5 Å². The fourth-order valence-electron chi connectivity index (χ4n) is 1.52. The van der Waals surface area contributed by atoms with Crippen LogP contribution in [0.5, 0.6) is 11.6 Å². The number of pyridine rings is 1. The third-order valence-corrected chi connectivity index (χ3v) is 3.38. The zero-order valence-corrected chi connectivity index (χ0v) is 12.4. The van der Waals surface area contributed by atoms with Crippen LogP contribution >= 0.6 is 27.5 Å². The molecule has 0 saturated carbocycles. The van der Waals surface area contributed by atoms with E-state index in [1.807, 2.05) is 13.0 Å². The molecule has 0 radical (unpaired) electrons. The van der Waals surface area contributed by atoms with Crippen LogP contribution in [0.15, 0.2) is 34.9 Å². The van der Waals surface area contributed by atoms with Gasteiger partial charge in [0.25, 0.3) is 0 Å². The molecule has 2 aromatic rings. The van der Waals surface area contributed by atoms with E-state index in [0.717, 1.165) is 5.56 Å². The van der Waals surface area contributed by atoms with Crippen molar-refractivity contribution >= 4 is 27.5 Å². The molecule has 0 spiro atoms. The number of nitrogens with zero attached hydrogens (tertiary/aromatic N) is 1. The Labute approximate surface area is 123 Å². The lowest BCUT2D eigenvalue weighted by Gasteiger charge is -2.13. The first-order chi connectivity index (χ1) is 8.99. The molecule has 19 heavy (non-hydrogen) atoms. The third kappa shape index (κ3) is 3.23. The first-order valence-electron chi connectivity index (χ1n) is 5.52. The van der Waals surface area contributed by atoms with Crippen LogP contribution in [-0.4, -0.2) is 4.98 Å². The predicted molar refractivity (Wildman–Crippen MR) is 76.0 cm³/mol. The van der Waals surface area contributed by atoms with E-state index >= 15 is 0 Å². The van der Waals surface area contributed by atoms with E-state index in [1.54, 1.807) is 12.3 Å². The zero-order chi connectivity index (χ0) is 14.0. The van der Waals surface area contributed by atoms with Gasteiger partial charge in [-0.05, 0) is 35.0 Å². The Bertz CT molecular complexity index is 607. The summed E-state index contributed by atoms with van der Waals surface area (Å²) in [4.78, 5) is 4.11. The maximum Gasteiger partial charge on any atom is 0.224 e. The fourth-order valence-corrected chi connectivity index (χ4v) is 2.24. The summed E-state index contributed by atoms with van der Waals surface area (Å²) in [5.41, 5.74) is 6.57. The molecule has 0 aliphatic rings. The lowest BCUT2D eigenvalue weighted by molar-refractivity contribution is 0.445. The summed E-state index contributed by atoms with van der Waals surface area (Å²) >= 11 is 8.94. The summed E-state index contributed by atoms with van der Waals surface area (Å²) < 4.78 is 19.6. The van der Waals surface area contributed by atoms with Gasteiger partial charge >= 0.3 is 0 Å². The highest BCUT2D eigenvalue weighted by Crippen LogP contribution is 2.34. The first-order valence-corrected chi connectivity index (χ1v) is 6.69. The smallest absolute Gasteiger partial charge is 0.224 e. The van der Waals surface area contributed by atoms with E-state index in [2.05, 4.69) is 20.9 Å². The molecule has 2 rings (SSSR count). The molecular formula is C13H11BrClFN2O. The summed E-state index contributed by atoms with van der Waals surface area (Å²) in [6, 6.07) is 5.97. The Morgan fingerprint density at radius 3 is 2.89 bits per heavy atom. The second-order valence-electron chi connectivity index (χ2n) is 3.99. The standard InChI is InChI=1S/C13H11BrClFN2O/c1-7(17)8-3-2-4-18-13(8)19-12-6-11(16)10(15)5-9(12)14/h2-7H,17H2,1H3/t7-/m1/s1. The van der Waals surface area contributed by atoms with Crippen molar-refractivity contribution in [2.24, 2.45) is 5.73 Å². The number of aromatic nitrogens is 1. The minimum absolute atomic E-state index is 0.0210. The average molecular weight is 346 g/mol. The molecule has 0 bridgehead atoms. The fraction of sp³-hybridized carbons (Fsp3) is 0.154. The van der Waals surface area contributed by atoms with Crippen LogP contribution in [-0.2, 0) is 0 Å². The van der Waals surface area contributed by atoms with Crippen molar-refractivity contribution in [2.75, 3.05) is 0 Å². The second kappa shape index (κ2) is 5.86. The molecule has 0 fully saturated rings. The minimum atomic E-state index is -0.557. The molecule has 2 N–H and O–H groups in total. The first kappa shape index (κ1) is 14.2. The van der Waals surface area contributed by atoms with Crippen LogP contribution in [0.25, 0.3) is 0 Å². The van der Waals surface area contributed by atoms with Crippen molar-refractivity contribution in [2.45, 2.75) is 13.0 Å². The zero-order valence-electron chi connectivity index (χ0n) is 10.0. The maximum atomic E-state index is 13.4. The Kier molecular flexibility index (Phi) is 4.39. The van der Waals surface area contributed by atoms with Gasteiger partial charge in [-0.1, -0.05) is 17.7 Å². The van der Waals surface area contributed by atoms with Gasteiger partial charge in [0.1, 0.15) is 11.6 Å². The molecule has 0 aliphatic carbocycles. The normalized spacial score (nSPS) is 12.3. The van der Waals surface area contributed by atoms with Crippen LogP contribution in [0, 0.1) is 5.82 Å². The Morgan fingerprint density at radius 2 is 2.21 bits per heavy atom.